The number of rotatable bonds is 4. The molecular formula is C15H19N3O3. The van der Waals surface area contributed by atoms with E-state index >= 15 is 0 Å². The predicted molar refractivity (Wildman–Crippen MR) is 80.4 cm³/mol. The maximum Gasteiger partial charge on any atom is 0.256 e. The van der Waals surface area contributed by atoms with Gasteiger partial charge in [0, 0.05) is 25.0 Å². The van der Waals surface area contributed by atoms with Crippen LogP contribution >= 0.6 is 0 Å². The standard InChI is InChI=1S/C15H19N3O3/c1-4-18-8-12(15(21)16-7-10(3)19)13(20)11-6-5-9(2)17-14(11)18/h5-6,8,10,19H,4,7H2,1-3H3,(H,16,21). The zero-order chi connectivity index (χ0) is 15.6. The van der Waals surface area contributed by atoms with Gasteiger partial charge in [-0.15, -0.1) is 0 Å². The Bertz CT molecular complexity index is 735. The van der Waals surface area contributed by atoms with E-state index in [1.807, 2.05) is 13.8 Å². The van der Waals surface area contributed by atoms with Crippen LogP contribution < -0.4 is 10.7 Å². The van der Waals surface area contributed by atoms with Gasteiger partial charge < -0.3 is 15.0 Å². The molecule has 2 rings (SSSR count). The number of pyridine rings is 2. The zero-order valence-corrected chi connectivity index (χ0v) is 12.4. The van der Waals surface area contributed by atoms with Crippen LogP contribution in [-0.2, 0) is 6.54 Å². The number of aryl methyl sites for hydroxylation is 2. The van der Waals surface area contributed by atoms with E-state index in [0.717, 1.165) is 5.69 Å². The fraction of sp³-hybridized carbons (Fsp3) is 0.400. The summed E-state index contributed by atoms with van der Waals surface area (Å²) >= 11 is 0. The van der Waals surface area contributed by atoms with E-state index in [1.165, 1.54) is 6.20 Å². The fourth-order valence-electron chi connectivity index (χ4n) is 2.10. The summed E-state index contributed by atoms with van der Waals surface area (Å²) in [5, 5.41) is 12.2. The van der Waals surface area contributed by atoms with Gasteiger partial charge in [0.25, 0.3) is 5.91 Å². The third-order valence-corrected chi connectivity index (χ3v) is 3.20. The van der Waals surface area contributed by atoms with E-state index in [4.69, 9.17) is 0 Å². The largest absolute Gasteiger partial charge is 0.392 e. The van der Waals surface area contributed by atoms with Crippen LogP contribution in [0.1, 0.15) is 29.9 Å². The second kappa shape index (κ2) is 6.05. The first kappa shape index (κ1) is 15.2. The van der Waals surface area contributed by atoms with Crippen molar-refractivity contribution < 1.29 is 9.90 Å². The second-order valence-corrected chi connectivity index (χ2v) is 5.04. The summed E-state index contributed by atoms with van der Waals surface area (Å²) in [7, 11) is 0. The third-order valence-electron chi connectivity index (χ3n) is 3.20. The topological polar surface area (TPSA) is 84.2 Å². The number of aromatic nitrogens is 2. The van der Waals surface area contributed by atoms with Crippen LogP contribution in [-0.4, -0.2) is 33.2 Å². The molecule has 0 saturated carbocycles. The maximum absolute atomic E-state index is 12.4. The highest BCUT2D eigenvalue weighted by atomic mass is 16.3. The van der Waals surface area contributed by atoms with Crippen LogP contribution in [0.5, 0.6) is 0 Å². The molecule has 0 aliphatic carbocycles. The van der Waals surface area contributed by atoms with Crippen molar-refractivity contribution in [2.24, 2.45) is 0 Å². The Balaban J connectivity index is 2.56. The lowest BCUT2D eigenvalue weighted by Gasteiger charge is -2.12. The van der Waals surface area contributed by atoms with Crippen molar-refractivity contribution in [1.29, 1.82) is 0 Å². The molecule has 0 radical (unpaired) electrons. The van der Waals surface area contributed by atoms with Gasteiger partial charge in [0.1, 0.15) is 11.2 Å². The first-order valence-corrected chi connectivity index (χ1v) is 6.91. The van der Waals surface area contributed by atoms with Crippen LogP contribution in [0.2, 0.25) is 0 Å². The first-order valence-electron chi connectivity index (χ1n) is 6.91. The molecule has 0 bridgehead atoms. The summed E-state index contributed by atoms with van der Waals surface area (Å²) in [5.41, 5.74) is 1.12. The molecule has 2 aromatic heterocycles. The quantitative estimate of drug-likeness (QED) is 0.873. The fourth-order valence-corrected chi connectivity index (χ4v) is 2.10. The minimum absolute atomic E-state index is 0.0654. The highest BCUT2D eigenvalue weighted by Crippen LogP contribution is 2.10. The van der Waals surface area contributed by atoms with Crippen molar-refractivity contribution in [3.05, 3.63) is 39.8 Å². The average Bonchev–Trinajstić information content (AvgIpc) is 2.45. The van der Waals surface area contributed by atoms with Gasteiger partial charge in [0.2, 0.25) is 5.43 Å². The second-order valence-electron chi connectivity index (χ2n) is 5.04. The zero-order valence-electron chi connectivity index (χ0n) is 12.4. The molecule has 1 atom stereocenters. The summed E-state index contributed by atoms with van der Waals surface area (Å²) in [6, 6.07) is 3.44. The summed E-state index contributed by atoms with van der Waals surface area (Å²) in [6.07, 6.45) is 0.862. The van der Waals surface area contributed by atoms with E-state index in [0.29, 0.717) is 17.6 Å². The van der Waals surface area contributed by atoms with Crippen molar-refractivity contribution in [3.8, 4) is 0 Å². The summed E-state index contributed by atoms with van der Waals surface area (Å²) < 4.78 is 1.78. The van der Waals surface area contributed by atoms with Crippen molar-refractivity contribution in [2.45, 2.75) is 33.4 Å². The molecule has 2 aromatic rings. The van der Waals surface area contributed by atoms with Crippen molar-refractivity contribution in [3.63, 3.8) is 0 Å². The van der Waals surface area contributed by atoms with Gasteiger partial charge in [0.05, 0.1) is 11.5 Å². The molecule has 0 fully saturated rings. The van der Waals surface area contributed by atoms with Gasteiger partial charge in [-0.2, -0.15) is 0 Å². The molecule has 1 unspecified atom stereocenters. The smallest absolute Gasteiger partial charge is 0.256 e. The molecule has 6 nitrogen and oxygen atoms in total. The lowest BCUT2D eigenvalue weighted by atomic mass is 10.1. The van der Waals surface area contributed by atoms with Crippen LogP contribution in [0.25, 0.3) is 11.0 Å². The van der Waals surface area contributed by atoms with Crippen LogP contribution in [0, 0.1) is 6.92 Å². The lowest BCUT2D eigenvalue weighted by molar-refractivity contribution is 0.0922. The van der Waals surface area contributed by atoms with E-state index in [2.05, 4.69) is 10.3 Å². The summed E-state index contributed by atoms with van der Waals surface area (Å²) in [5.74, 6) is -0.481. The summed E-state index contributed by atoms with van der Waals surface area (Å²) in [6.45, 7) is 6.05. The Morgan fingerprint density at radius 2 is 2.19 bits per heavy atom. The maximum atomic E-state index is 12.4. The molecule has 21 heavy (non-hydrogen) atoms. The van der Waals surface area contributed by atoms with Gasteiger partial charge in [-0.3, -0.25) is 9.59 Å². The normalized spacial score (nSPS) is 12.4. The van der Waals surface area contributed by atoms with E-state index < -0.39 is 12.0 Å². The molecule has 0 aliphatic heterocycles. The monoisotopic (exact) mass is 289 g/mol. The Kier molecular flexibility index (Phi) is 4.37. The highest BCUT2D eigenvalue weighted by molar-refractivity contribution is 5.96. The van der Waals surface area contributed by atoms with E-state index in [9.17, 15) is 14.7 Å². The Morgan fingerprint density at radius 3 is 2.81 bits per heavy atom. The van der Waals surface area contributed by atoms with Gasteiger partial charge >= 0.3 is 0 Å². The molecule has 1 amide bonds. The van der Waals surface area contributed by atoms with Crippen molar-refractivity contribution in [2.75, 3.05) is 6.54 Å². The van der Waals surface area contributed by atoms with Crippen LogP contribution in [0.15, 0.2) is 23.1 Å². The minimum atomic E-state index is -0.660. The molecular weight excluding hydrogens is 270 g/mol. The molecule has 0 spiro atoms. The number of amides is 1. The molecule has 0 aliphatic rings. The third kappa shape index (κ3) is 3.11. The van der Waals surface area contributed by atoms with Crippen LogP contribution in [0.3, 0.4) is 0 Å². The molecule has 0 aromatic carbocycles. The lowest BCUT2D eigenvalue weighted by Crippen LogP contribution is -2.34. The van der Waals surface area contributed by atoms with Crippen molar-refractivity contribution >= 4 is 16.9 Å². The van der Waals surface area contributed by atoms with E-state index in [-0.39, 0.29) is 17.5 Å². The Hall–Kier alpha value is -2.21. The number of fused-ring (bicyclic) bond motifs is 1. The van der Waals surface area contributed by atoms with E-state index in [1.54, 1.807) is 23.6 Å². The number of hydrogen-bond donors (Lipinski definition) is 2. The molecule has 2 N–H and O–H groups in total. The molecule has 112 valence electrons. The summed E-state index contributed by atoms with van der Waals surface area (Å²) in [4.78, 5) is 28.9. The number of nitrogens with zero attached hydrogens (tertiary/aromatic N) is 2. The van der Waals surface area contributed by atoms with Gasteiger partial charge in [0.15, 0.2) is 0 Å². The number of carbonyl (C=O) groups is 1. The van der Waals surface area contributed by atoms with Crippen molar-refractivity contribution in [1.82, 2.24) is 14.9 Å². The number of aliphatic hydroxyl groups excluding tert-OH is 1. The van der Waals surface area contributed by atoms with Gasteiger partial charge in [-0.25, -0.2) is 4.98 Å². The highest BCUT2D eigenvalue weighted by Gasteiger charge is 2.16. The Labute approximate surface area is 122 Å². The first-order chi connectivity index (χ1) is 9.93. The number of nitrogens with one attached hydrogen (secondary N) is 1. The number of hydrogen-bond acceptors (Lipinski definition) is 4. The van der Waals surface area contributed by atoms with Gasteiger partial charge in [-0.05, 0) is 32.9 Å². The molecule has 0 saturated heterocycles. The minimum Gasteiger partial charge on any atom is -0.392 e. The molecule has 6 heteroatoms. The Morgan fingerprint density at radius 1 is 1.48 bits per heavy atom. The number of carbonyl (C=O) groups excluding carboxylic acids is 1. The average molecular weight is 289 g/mol. The predicted octanol–water partition coefficient (Wildman–Crippen LogP) is 0.835. The molecule has 2 heterocycles. The van der Waals surface area contributed by atoms with Gasteiger partial charge in [-0.1, -0.05) is 0 Å². The number of aliphatic hydroxyl groups is 1. The van der Waals surface area contributed by atoms with Crippen LogP contribution in [0.4, 0.5) is 0 Å². The SMILES string of the molecule is CCn1cc(C(=O)NCC(C)O)c(=O)c2ccc(C)nc21.